The molecule has 0 unspecified atom stereocenters. The summed E-state index contributed by atoms with van der Waals surface area (Å²) < 4.78 is 13.7. The Balaban J connectivity index is 1.42. The van der Waals surface area contributed by atoms with Gasteiger partial charge >= 0.3 is 5.97 Å². The number of aromatic nitrogens is 1. The van der Waals surface area contributed by atoms with E-state index in [1.54, 1.807) is 0 Å². The molecule has 0 aliphatic heterocycles. The van der Waals surface area contributed by atoms with Crippen molar-refractivity contribution in [2.75, 3.05) is 0 Å². The average molecular weight is 377 g/mol. The fraction of sp³-hybridized carbons (Fsp3) is 0.375. The summed E-state index contributed by atoms with van der Waals surface area (Å²) in [5.74, 6) is 1.42. The molecule has 1 fully saturated rings. The molecule has 1 aromatic heterocycles. The van der Waals surface area contributed by atoms with Gasteiger partial charge in [0.05, 0.1) is 5.52 Å². The highest BCUT2D eigenvalue weighted by atomic mass is 16.5. The van der Waals surface area contributed by atoms with Crippen LogP contribution in [0.15, 0.2) is 60.8 Å². The minimum atomic E-state index is -0.160. The average Bonchev–Trinajstić information content (AvgIpc) is 3.12. The lowest BCUT2D eigenvalue weighted by molar-refractivity contribution is -0.151. The summed E-state index contributed by atoms with van der Waals surface area (Å²) in [7, 11) is 0. The van der Waals surface area contributed by atoms with E-state index in [4.69, 9.17) is 9.47 Å². The third-order valence-corrected chi connectivity index (χ3v) is 5.57. The van der Waals surface area contributed by atoms with Gasteiger partial charge in [-0.25, -0.2) is 0 Å². The molecule has 4 nitrogen and oxygen atoms in total. The minimum absolute atomic E-state index is 0.0790. The van der Waals surface area contributed by atoms with Crippen LogP contribution in [-0.2, 0) is 22.7 Å². The van der Waals surface area contributed by atoms with E-state index in [0.717, 1.165) is 53.8 Å². The Hall–Kier alpha value is -2.75. The highest BCUT2D eigenvalue weighted by molar-refractivity contribution is 5.87. The Kier molecular flexibility index (Phi) is 5.65. The first-order valence-electron chi connectivity index (χ1n) is 10.1. The zero-order valence-corrected chi connectivity index (χ0v) is 16.3. The lowest BCUT2D eigenvalue weighted by Crippen LogP contribution is -2.25. The number of ether oxygens (including phenoxy) is 2. The maximum Gasteiger partial charge on any atom is 0.326 e. The number of benzene rings is 2. The van der Waals surface area contributed by atoms with Crippen molar-refractivity contribution in [3.8, 4) is 5.75 Å². The molecule has 4 rings (SSSR count). The van der Waals surface area contributed by atoms with Crippen molar-refractivity contribution < 1.29 is 14.3 Å². The topological polar surface area (TPSA) is 40.5 Å². The Bertz CT molecular complexity index is 923. The van der Waals surface area contributed by atoms with Crippen LogP contribution in [0.5, 0.6) is 5.75 Å². The molecule has 1 aliphatic carbocycles. The van der Waals surface area contributed by atoms with Crippen molar-refractivity contribution in [1.29, 1.82) is 0 Å². The van der Waals surface area contributed by atoms with Gasteiger partial charge in [-0.15, -0.1) is 0 Å². The fourth-order valence-electron chi connectivity index (χ4n) is 3.90. The van der Waals surface area contributed by atoms with E-state index in [9.17, 15) is 4.79 Å². The molecule has 0 atom stereocenters. The van der Waals surface area contributed by atoms with Crippen LogP contribution in [0.4, 0.5) is 0 Å². The van der Waals surface area contributed by atoms with Gasteiger partial charge in [-0.05, 0) is 55.4 Å². The van der Waals surface area contributed by atoms with Crippen LogP contribution < -0.4 is 4.74 Å². The van der Waals surface area contributed by atoms with Gasteiger partial charge < -0.3 is 14.0 Å². The molecule has 4 heteroatoms. The molecule has 0 amide bonds. The molecule has 0 spiro atoms. The van der Waals surface area contributed by atoms with Gasteiger partial charge in [0.1, 0.15) is 25.0 Å². The first kappa shape index (κ1) is 18.6. The summed E-state index contributed by atoms with van der Waals surface area (Å²) in [6.45, 7) is 3.02. The second kappa shape index (κ2) is 8.51. The minimum Gasteiger partial charge on any atom is -0.488 e. The summed E-state index contributed by atoms with van der Waals surface area (Å²) in [5, 5.41) is 1.01. The van der Waals surface area contributed by atoms with Crippen molar-refractivity contribution in [2.24, 2.45) is 5.92 Å². The predicted molar refractivity (Wildman–Crippen MR) is 110 cm³/mol. The summed E-state index contributed by atoms with van der Waals surface area (Å²) in [5.41, 5.74) is 2.11. The number of hydrogen-bond donors (Lipinski definition) is 0. The first-order valence-corrected chi connectivity index (χ1v) is 10.1. The Morgan fingerprint density at radius 2 is 1.79 bits per heavy atom. The van der Waals surface area contributed by atoms with Crippen LogP contribution in [0.3, 0.4) is 0 Å². The molecule has 1 saturated carbocycles. The van der Waals surface area contributed by atoms with Crippen LogP contribution in [-0.4, -0.2) is 16.6 Å². The number of nitrogens with zero attached hydrogens (tertiary/aromatic N) is 1. The molecule has 0 saturated heterocycles. The monoisotopic (exact) mass is 377 g/mol. The van der Waals surface area contributed by atoms with Gasteiger partial charge in [-0.2, -0.15) is 0 Å². The largest absolute Gasteiger partial charge is 0.488 e. The summed E-state index contributed by atoms with van der Waals surface area (Å²) in [4.78, 5) is 12.4. The maximum atomic E-state index is 12.4. The number of rotatable bonds is 6. The van der Waals surface area contributed by atoms with Gasteiger partial charge in [0.15, 0.2) is 0 Å². The van der Waals surface area contributed by atoms with Crippen molar-refractivity contribution in [3.05, 3.63) is 66.4 Å². The zero-order chi connectivity index (χ0) is 19.3. The molecule has 1 aliphatic rings. The van der Waals surface area contributed by atoms with Gasteiger partial charge in [0.2, 0.25) is 0 Å². The second-order valence-electron chi connectivity index (χ2n) is 7.78. The highest BCUT2D eigenvalue weighted by Gasteiger charge is 2.21. The molecule has 146 valence electrons. The van der Waals surface area contributed by atoms with Crippen LogP contribution in [0.25, 0.3) is 10.9 Å². The maximum absolute atomic E-state index is 12.4. The number of hydrogen-bond acceptors (Lipinski definition) is 3. The summed E-state index contributed by atoms with van der Waals surface area (Å²) in [6, 6.07) is 18.1. The van der Waals surface area contributed by atoms with Crippen LogP contribution in [0, 0.1) is 5.92 Å². The lowest BCUT2D eigenvalue weighted by atomic mass is 9.89. The molecule has 28 heavy (non-hydrogen) atoms. The van der Waals surface area contributed by atoms with Crippen molar-refractivity contribution in [3.63, 3.8) is 0 Å². The predicted octanol–water partition coefficient (Wildman–Crippen LogP) is 5.34. The van der Waals surface area contributed by atoms with Crippen LogP contribution in [0.1, 0.15) is 38.2 Å². The van der Waals surface area contributed by atoms with Gasteiger partial charge in [0.25, 0.3) is 0 Å². The number of carbonyl (C=O) groups is 1. The van der Waals surface area contributed by atoms with E-state index in [1.807, 2.05) is 65.4 Å². The van der Waals surface area contributed by atoms with E-state index in [-0.39, 0.29) is 18.6 Å². The van der Waals surface area contributed by atoms with E-state index in [1.165, 1.54) is 0 Å². The smallest absolute Gasteiger partial charge is 0.326 e. The third kappa shape index (κ3) is 4.38. The Morgan fingerprint density at radius 1 is 1.00 bits per heavy atom. The quantitative estimate of drug-likeness (QED) is 0.544. The van der Waals surface area contributed by atoms with Crippen molar-refractivity contribution >= 4 is 16.9 Å². The van der Waals surface area contributed by atoms with Crippen LogP contribution in [0.2, 0.25) is 0 Å². The first-order chi connectivity index (χ1) is 13.7. The molecular formula is C24H27NO3. The van der Waals surface area contributed by atoms with E-state index in [2.05, 4.69) is 6.92 Å². The molecular weight excluding hydrogens is 350 g/mol. The summed E-state index contributed by atoms with van der Waals surface area (Å²) >= 11 is 0. The Morgan fingerprint density at radius 3 is 2.57 bits per heavy atom. The summed E-state index contributed by atoms with van der Waals surface area (Å²) in [6.07, 6.45) is 6.27. The van der Waals surface area contributed by atoms with Crippen LogP contribution >= 0.6 is 0 Å². The second-order valence-corrected chi connectivity index (χ2v) is 7.78. The third-order valence-electron chi connectivity index (χ3n) is 5.57. The molecule has 1 heterocycles. The highest BCUT2D eigenvalue weighted by Crippen LogP contribution is 2.28. The standard InChI is InChI=1S/C24H27NO3/c1-18-10-12-20(13-11-18)28-24(26)16-25-15-14-21-22(25)8-5-9-23(21)27-17-19-6-3-2-4-7-19/h2-9,14-15,18,20H,10-13,16-17H2,1H3. The Labute approximate surface area is 166 Å². The van der Waals surface area contributed by atoms with E-state index in [0.29, 0.717) is 6.61 Å². The molecule has 0 radical (unpaired) electrons. The van der Waals surface area contributed by atoms with Gasteiger partial charge in [0, 0.05) is 11.6 Å². The molecule has 2 aromatic carbocycles. The number of carbonyl (C=O) groups excluding carboxylic acids is 1. The van der Waals surface area contributed by atoms with Gasteiger partial charge in [-0.3, -0.25) is 4.79 Å². The normalized spacial score (nSPS) is 19.5. The molecule has 3 aromatic rings. The number of fused-ring (bicyclic) bond motifs is 1. The SMILES string of the molecule is CC1CCC(OC(=O)Cn2ccc3c(OCc4ccccc4)cccc32)CC1. The van der Waals surface area contributed by atoms with E-state index >= 15 is 0 Å². The zero-order valence-electron chi connectivity index (χ0n) is 16.3. The number of esters is 1. The van der Waals surface area contributed by atoms with Crippen molar-refractivity contribution in [1.82, 2.24) is 4.57 Å². The van der Waals surface area contributed by atoms with Crippen molar-refractivity contribution in [2.45, 2.75) is 51.9 Å². The van der Waals surface area contributed by atoms with Gasteiger partial charge in [-0.1, -0.05) is 43.3 Å². The fourth-order valence-corrected chi connectivity index (χ4v) is 3.90. The van der Waals surface area contributed by atoms with E-state index < -0.39 is 0 Å². The molecule has 0 N–H and O–H groups in total. The lowest BCUT2D eigenvalue weighted by Gasteiger charge is -2.26. The molecule has 0 bridgehead atoms.